The van der Waals surface area contributed by atoms with Crippen LogP contribution >= 0.6 is 11.6 Å². The van der Waals surface area contributed by atoms with Crippen LogP contribution in [0.15, 0.2) is 12.1 Å². The van der Waals surface area contributed by atoms with Gasteiger partial charge in [0.25, 0.3) is 0 Å². The molecule has 1 aromatic carbocycles. The van der Waals surface area contributed by atoms with Crippen molar-refractivity contribution in [2.24, 2.45) is 5.92 Å². The first kappa shape index (κ1) is 14.6. The van der Waals surface area contributed by atoms with Crippen LogP contribution in [0.25, 0.3) is 0 Å². The molecule has 0 amide bonds. The van der Waals surface area contributed by atoms with Gasteiger partial charge in [-0.2, -0.15) is 0 Å². The minimum atomic E-state index is -0.129. The number of methoxy groups -OCH3 is 1. The SMILES string of the molecule is COC(=O)C1CCN(Cc2cc(Cl)cc3c2OCOC3)C1. The highest BCUT2D eigenvalue weighted by atomic mass is 35.5. The predicted octanol–water partition coefficient (Wildman–Crippen LogP) is 2.20. The van der Waals surface area contributed by atoms with E-state index in [1.165, 1.54) is 7.11 Å². The number of nitrogens with zero attached hydrogens (tertiary/aromatic N) is 1. The Morgan fingerprint density at radius 1 is 1.52 bits per heavy atom. The first-order valence-corrected chi connectivity index (χ1v) is 7.37. The summed E-state index contributed by atoms with van der Waals surface area (Å²) in [6, 6.07) is 3.80. The average molecular weight is 312 g/mol. The molecule has 0 saturated carbocycles. The molecule has 5 nitrogen and oxygen atoms in total. The summed E-state index contributed by atoms with van der Waals surface area (Å²) in [7, 11) is 1.44. The largest absolute Gasteiger partial charge is 0.469 e. The summed E-state index contributed by atoms with van der Waals surface area (Å²) in [6.45, 7) is 3.10. The van der Waals surface area contributed by atoms with Gasteiger partial charge < -0.3 is 14.2 Å². The Balaban J connectivity index is 1.74. The Morgan fingerprint density at radius 2 is 2.38 bits per heavy atom. The molecule has 0 spiro atoms. The first-order valence-electron chi connectivity index (χ1n) is 6.99. The second-order valence-electron chi connectivity index (χ2n) is 5.41. The third-order valence-electron chi connectivity index (χ3n) is 3.95. The third-order valence-corrected chi connectivity index (χ3v) is 4.17. The van der Waals surface area contributed by atoms with Crippen LogP contribution in [0.4, 0.5) is 0 Å². The summed E-state index contributed by atoms with van der Waals surface area (Å²) in [5, 5.41) is 0.682. The van der Waals surface area contributed by atoms with Crippen molar-refractivity contribution in [3.63, 3.8) is 0 Å². The van der Waals surface area contributed by atoms with Crippen molar-refractivity contribution < 1.29 is 19.0 Å². The molecule has 1 saturated heterocycles. The molecule has 1 atom stereocenters. The molecular formula is C15H18ClNO4. The molecular weight excluding hydrogens is 294 g/mol. The summed E-state index contributed by atoms with van der Waals surface area (Å²) in [5.41, 5.74) is 2.03. The van der Waals surface area contributed by atoms with Gasteiger partial charge in [-0.15, -0.1) is 0 Å². The zero-order valence-electron chi connectivity index (χ0n) is 11.9. The highest BCUT2D eigenvalue weighted by Gasteiger charge is 2.30. The number of rotatable bonds is 3. The summed E-state index contributed by atoms with van der Waals surface area (Å²) in [5.74, 6) is 0.705. The van der Waals surface area contributed by atoms with E-state index in [0.29, 0.717) is 18.2 Å². The van der Waals surface area contributed by atoms with Crippen LogP contribution in [-0.4, -0.2) is 37.9 Å². The molecule has 1 fully saturated rings. The fourth-order valence-electron chi connectivity index (χ4n) is 2.95. The van der Waals surface area contributed by atoms with Crippen LogP contribution < -0.4 is 4.74 Å². The van der Waals surface area contributed by atoms with Crippen LogP contribution in [0.1, 0.15) is 17.5 Å². The number of likely N-dealkylation sites (tertiary alicyclic amines) is 1. The van der Waals surface area contributed by atoms with Gasteiger partial charge in [0, 0.05) is 29.2 Å². The zero-order chi connectivity index (χ0) is 14.8. The van der Waals surface area contributed by atoms with E-state index in [2.05, 4.69) is 4.90 Å². The molecule has 2 aliphatic rings. The van der Waals surface area contributed by atoms with E-state index in [1.54, 1.807) is 0 Å². The van der Waals surface area contributed by atoms with E-state index in [0.717, 1.165) is 36.4 Å². The lowest BCUT2D eigenvalue weighted by Gasteiger charge is -2.23. The van der Waals surface area contributed by atoms with Crippen molar-refractivity contribution in [2.45, 2.75) is 19.6 Å². The van der Waals surface area contributed by atoms with E-state index >= 15 is 0 Å². The minimum Gasteiger partial charge on any atom is -0.469 e. The highest BCUT2D eigenvalue weighted by Crippen LogP contribution is 2.33. The van der Waals surface area contributed by atoms with E-state index in [4.69, 9.17) is 25.8 Å². The molecule has 3 rings (SSSR count). The van der Waals surface area contributed by atoms with Gasteiger partial charge in [0.1, 0.15) is 5.75 Å². The second kappa shape index (κ2) is 6.22. The van der Waals surface area contributed by atoms with Crippen molar-refractivity contribution in [2.75, 3.05) is 27.0 Å². The van der Waals surface area contributed by atoms with Crippen LogP contribution in [0, 0.1) is 5.92 Å². The number of carbonyl (C=O) groups excluding carboxylic acids is 1. The van der Waals surface area contributed by atoms with E-state index in [1.807, 2.05) is 12.1 Å². The Kier molecular flexibility index (Phi) is 4.33. The second-order valence-corrected chi connectivity index (χ2v) is 5.84. The number of hydrogen-bond acceptors (Lipinski definition) is 5. The quantitative estimate of drug-likeness (QED) is 0.801. The predicted molar refractivity (Wildman–Crippen MR) is 77.1 cm³/mol. The van der Waals surface area contributed by atoms with Gasteiger partial charge in [-0.25, -0.2) is 0 Å². The number of carbonyl (C=O) groups is 1. The smallest absolute Gasteiger partial charge is 0.310 e. The van der Waals surface area contributed by atoms with Crippen LogP contribution in [-0.2, 0) is 27.4 Å². The van der Waals surface area contributed by atoms with Crippen LogP contribution in [0.5, 0.6) is 5.75 Å². The maximum Gasteiger partial charge on any atom is 0.310 e. The Morgan fingerprint density at radius 3 is 3.19 bits per heavy atom. The minimum absolute atomic E-state index is 0.0331. The van der Waals surface area contributed by atoms with E-state index < -0.39 is 0 Å². The summed E-state index contributed by atoms with van der Waals surface area (Å²) < 4.78 is 15.7. The molecule has 2 heterocycles. The molecule has 0 bridgehead atoms. The van der Waals surface area contributed by atoms with Crippen LogP contribution in [0.3, 0.4) is 0 Å². The fourth-order valence-corrected chi connectivity index (χ4v) is 3.21. The van der Waals surface area contributed by atoms with Gasteiger partial charge in [-0.1, -0.05) is 11.6 Å². The topological polar surface area (TPSA) is 48.0 Å². The number of fused-ring (bicyclic) bond motifs is 1. The molecule has 0 N–H and O–H groups in total. The molecule has 1 unspecified atom stereocenters. The van der Waals surface area contributed by atoms with Gasteiger partial charge in [0.15, 0.2) is 6.79 Å². The number of ether oxygens (including phenoxy) is 3. The third kappa shape index (κ3) is 3.15. The lowest BCUT2D eigenvalue weighted by molar-refractivity contribution is -0.144. The summed E-state index contributed by atoms with van der Waals surface area (Å²) in [4.78, 5) is 13.8. The molecule has 0 aliphatic carbocycles. The van der Waals surface area contributed by atoms with Gasteiger partial charge in [0.2, 0.25) is 0 Å². The Bertz CT molecular complexity index is 549. The monoisotopic (exact) mass is 311 g/mol. The standard InChI is InChI=1S/C15H18ClNO4/c1-19-15(18)10-2-3-17(6-10)7-11-4-13(16)5-12-8-20-9-21-14(11)12/h4-5,10H,2-3,6-9H2,1H3. The summed E-state index contributed by atoms with van der Waals surface area (Å²) >= 11 is 6.17. The van der Waals surface area contributed by atoms with E-state index in [9.17, 15) is 4.79 Å². The number of halogens is 1. The molecule has 21 heavy (non-hydrogen) atoms. The maximum absolute atomic E-state index is 11.6. The Hall–Kier alpha value is -1.30. The van der Waals surface area contributed by atoms with E-state index in [-0.39, 0.29) is 18.7 Å². The molecule has 114 valence electrons. The average Bonchev–Trinajstić information content (AvgIpc) is 2.95. The number of benzene rings is 1. The number of esters is 1. The molecule has 0 aromatic heterocycles. The van der Waals surface area contributed by atoms with Crippen LogP contribution in [0.2, 0.25) is 5.02 Å². The lowest BCUT2D eigenvalue weighted by Crippen LogP contribution is -2.24. The zero-order valence-corrected chi connectivity index (χ0v) is 12.7. The molecule has 2 aliphatic heterocycles. The Labute approximate surface area is 128 Å². The molecule has 0 radical (unpaired) electrons. The van der Waals surface area contributed by atoms with Crippen molar-refractivity contribution in [3.05, 3.63) is 28.3 Å². The maximum atomic E-state index is 11.6. The fraction of sp³-hybridized carbons (Fsp3) is 0.533. The van der Waals surface area contributed by atoms with Gasteiger partial charge in [0.05, 0.1) is 19.6 Å². The number of hydrogen-bond donors (Lipinski definition) is 0. The normalized spacial score (nSPS) is 21.7. The molecule has 1 aromatic rings. The van der Waals surface area contributed by atoms with Crippen molar-refractivity contribution >= 4 is 17.6 Å². The van der Waals surface area contributed by atoms with Crippen molar-refractivity contribution in [1.82, 2.24) is 4.90 Å². The van der Waals surface area contributed by atoms with Crippen molar-refractivity contribution in [3.8, 4) is 5.75 Å². The lowest BCUT2D eigenvalue weighted by atomic mass is 10.1. The first-order chi connectivity index (χ1) is 10.2. The van der Waals surface area contributed by atoms with Crippen molar-refractivity contribution in [1.29, 1.82) is 0 Å². The molecule has 6 heteroatoms. The highest BCUT2D eigenvalue weighted by molar-refractivity contribution is 6.30. The van der Waals surface area contributed by atoms with Gasteiger partial charge >= 0.3 is 5.97 Å². The van der Waals surface area contributed by atoms with Gasteiger partial charge in [-0.05, 0) is 25.1 Å². The summed E-state index contributed by atoms with van der Waals surface area (Å²) in [6.07, 6.45) is 0.833. The van der Waals surface area contributed by atoms with Gasteiger partial charge in [-0.3, -0.25) is 9.69 Å².